The molecule has 0 aliphatic carbocycles. The maximum atomic E-state index is 12.4. The molecule has 0 aromatic heterocycles. The molecule has 2 atom stereocenters. The first-order chi connectivity index (χ1) is 9.95. The Balaban J connectivity index is 1.70. The van der Waals surface area contributed by atoms with Crippen LogP contribution in [0.15, 0.2) is 24.3 Å². The molecule has 6 nitrogen and oxygen atoms in total. The molecule has 2 saturated heterocycles. The molecule has 2 aliphatic rings. The normalized spacial score (nSPS) is 25.9. The lowest BCUT2D eigenvalue weighted by Gasteiger charge is -2.17. The minimum absolute atomic E-state index is 0.0901. The average molecular weight is 311 g/mol. The third-order valence-electron chi connectivity index (χ3n) is 4.15. The molecule has 0 saturated carbocycles. The number of rotatable bonds is 4. The fourth-order valence-electron chi connectivity index (χ4n) is 2.92. The summed E-state index contributed by atoms with van der Waals surface area (Å²) in [5.41, 5.74) is 0.761. The number of ether oxygens (including phenoxy) is 1. The molecule has 114 valence electrons. The Morgan fingerprint density at radius 2 is 1.76 bits per heavy atom. The van der Waals surface area contributed by atoms with Gasteiger partial charge < -0.3 is 9.84 Å². The zero-order chi connectivity index (χ0) is 15.0. The zero-order valence-corrected chi connectivity index (χ0v) is 12.3. The van der Waals surface area contributed by atoms with Gasteiger partial charge in [0.05, 0.1) is 24.5 Å². The van der Waals surface area contributed by atoms with Crippen molar-refractivity contribution in [3.8, 4) is 0 Å². The number of carboxylic acid groups (broad SMARTS) is 1. The Hall–Kier alpha value is -1.44. The SMILES string of the molecule is O=C(O)c1ccc(CS(=O)(=O)N2C[C@H]3COC[C@H]3C2)cc1. The molecule has 1 N–H and O–H groups in total. The van der Waals surface area contributed by atoms with Gasteiger partial charge in [-0.3, -0.25) is 0 Å². The van der Waals surface area contributed by atoms with Crippen LogP contribution in [-0.2, 0) is 20.5 Å². The number of carbonyl (C=O) groups is 1. The average Bonchev–Trinajstić information content (AvgIpc) is 2.99. The van der Waals surface area contributed by atoms with Gasteiger partial charge >= 0.3 is 5.97 Å². The minimum Gasteiger partial charge on any atom is -0.478 e. The number of hydrogen-bond acceptors (Lipinski definition) is 4. The van der Waals surface area contributed by atoms with Crippen LogP contribution < -0.4 is 0 Å². The lowest BCUT2D eigenvalue weighted by atomic mass is 10.0. The molecule has 0 spiro atoms. The van der Waals surface area contributed by atoms with E-state index in [0.29, 0.717) is 43.7 Å². The van der Waals surface area contributed by atoms with E-state index in [1.807, 2.05) is 0 Å². The van der Waals surface area contributed by atoms with Crippen LogP contribution in [0, 0.1) is 11.8 Å². The van der Waals surface area contributed by atoms with E-state index in [1.165, 1.54) is 16.4 Å². The van der Waals surface area contributed by atoms with Crippen molar-refractivity contribution in [1.82, 2.24) is 4.31 Å². The Bertz CT molecular complexity index is 628. The van der Waals surface area contributed by atoms with Gasteiger partial charge in [-0.2, -0.15) is 0 Å². The molecule has 0 bridgehead atoms. The second-order valence-corrected chi connectivity index (χ2v) is 7.60. The van der Waals surface area contributed by atoms with E-state index >= 15 is 0 Å². The lowest BCUT2D eigenvalue weighted by Crippen LogP contribution is -2.31. The summed E-state index contributed by atoms with van der Waals surface area (Å²) >= 11 is 0. The summed E-state index contributed by atoms with van der Waals surface area (Å²) in [6.07, 6.45) is 0. The van der Waals surface area contributed by atoms with Crippen molar-refractivity contribution in [3.05, 3.63) is 35.4 Å². The van der Waals surface area contributed by atoms with Gasteiger partial charge in [0.2, 0.25) is 10.0 Å². The van der Waals surface area contributed by atoms with Crippen LogP contribution in [0.2, 0.25) is 0 Å². The van der Waals surface area contributed by atoms with Crippen LogP contribution >= 0.6 is 0 Å². The summed E-state index contributed by atoms with van der Waals surface area (Å²) < 4.78 is 31.7. The molecule has 2 heterocycles. The highest BCUT2D eigenvalue weighted by Gasteiger charge is 2.41. The predicted molar refractivity (Wildman–Crippen MR) is 75.4 cm³/mol. The molecule has 1 aromatic carbocycles. The Morgan fingerprint density at radius 1 is 1.19 bits per heavy atom. The first-order valence-corrected chi connectivity index (χ1v) is 8.44. The van der Waals surface area contributed by atoms with Gasteiger partial charge in [0, 0.05) is 24.9 Å². The predicted octanol–water partition coefficient (Wildman–Crippen LogP) is 0.793. The molecule has 3 rings (SSSR count). The van der Waals surface area contributed by atoms with Crippen molar-refractivity contribution >= 4 is 16.0 Å². The van der Waals surface area contributed by atoms with Crippen LogP contribution in [0.5, 0.6) is 0 Å². The molecule has 0 amide bonds. The van der Waals surface area contributed by atoms with Crippen molar-refractivity contribution in [1.29, 1.82) is 0 Å². The summed E-state index contributed by atoms with van der Waals surface area (Å²) in [5, 5.41) is 8.83. The molecule has 21 heavy (non-hydrogen) atoms. The van der Waals surface area contributed by atoms with E-state index in [2.05, 4.69) is 0 Å². The van der Waals surface area contributed by atoms with E-state index in [1.54, 1.807) is 12.1 Å². The number of aromatic carboxylic acids is 1. The maximum Gasteiger partial charge on any atom is 0.335 e. The van der Waals surface area contributed by atoms with Gasteiger partial charge in [0.25, 0.3) is 0 Å². The van der Waals surface area contributed by atoms with E-state index in [4.69, 9.17) is 9.84 Å². The van der Waals surface area contributed by atoms with Crippen molar-refractivity contribution < 1.29 is 23.1 Å². The molecule has 7 heteroatoms. The topological polar surface area (TPSA) is 83.9 Å². The van der Waals surface area contributed by atoms with Crippen LogP contribution in [0.25, 0.3) is 0 Å². The molecular weight excluding hydrogens is 294 g/mol. The van der Waals surface area contributed by atoms with Gasteiger partial charge in [0.15, 0.2) is 0 Å². The highest BCUT2D eigenvalue weighted by molar-refractivity contribution is 7.88. The fourth-order valence-corrected chi connectivity index (χ4v) is 4.55. The summed E-state index contributed by atoms with van der Waals surface area (Å²) in [5.74, 6) is -0.479. The minimum atomic E-state index is -3.36. The number of sulfonamides is 1. The molecule has 1 aromatic rings. The van der Waals surface area contributed by atoms with Gasteiger partial charge in [-0.25, -0.2) is 17.5 Å². The number of nitrogens with zero attached hydrogens (tertiary/aromatic N) is 1. The molecular formula is C14H17NO5S. The van der Waals surface area contributed by atoms with Crippen LogP contribution in [-0.4, -0.2) is 50.1 Å². The summed E-state index contributed by atoms with van der Waals surface area (Å²) in [4.78, 5) is 10.8. The number of benzene rings is 1. The standard InChI is InChI=1S/C14H17NO5S/c16-14(17)11-3-1-10(2-4-11)9-21(18,19)15-5-12-7-20-8-13(12)6-15/h1-4,12-13H,5-9H2,(H,16,17)/t12-,13+. The smallest absolute Gasteiger partial charge is 0.335 e. The number of fused-ring (bicyclic) bond motifs is 1. The molecule has 0 radical (unpaired) electrons. The Morgan fingerprint density at radius 3 is 2.29 bits per heavy atom. The first-order valence-electron chi connectivity index (χ1n) is 6.83. The molecule has 2 aliphatic heterocycles. The third-order valence-corrected chi connectivity index (χ3v) is 5.93. The van der Waals surface area contributed by atoms with Crippen molar-refractivity contribution in [2.24, 2.45) is 11.8 Å². The van der Waals surface area contributed by atoms with E-state index in [9.17, 15) is 13.2 Å². The van der Waals surface area contributed by atoms with Gasteiger partial charge in [0.1, 0.15) is 0 Å². The van der Waals surface area contributed by atoms with Crippen molar-refractivity contribution in [3.63, 3.8) is 0 Å². The van der Waals surface area contributed by atoms with Crippen LogP contribution in [0.4, 0.5) is 0 Å². The summed E-state index contributed by atoms with van der Waals surface area (Å²) in [6.45, 7) is 2.34. The van der Waals surface area contributed by atoms with Crippen LogP contribution in [0.3, 0.4) is 0 Å². The Labute approximate surface area is 123 Å². The third kappa shape index (κ3) is 2.95. The quantitative estimate of drug-likeness (QED) is 0.889. The second-order valence-electron chi connectivity index (χ2n) is 5.63. The molecule has 0 unspecified atom stereocenters. The lowest BCUT2D eigenvalue weighted by molar-refractivity contribution is 0.0697. The maximum absolute atomic E-state index is 12.4. The van der Waals surface area contributed by atoms with Gasteiger partial charge in [-0.15, -0.1) is 0 Å². The van der Waals surface area contributed by atoms with Crippen LogP contribution in [0.1, 0.15) is 15.9 Å². The summed E-state index contributed by atoms with van der Waals surface area (Å²) in [7, 11) is -3.36. The van der Waals surface area contributed by atoms with E-state index in [-0.39, 0.29) is 11.3 Å². The largest absolute Gasteiger partial charge is 0.478 e. The molecule has 2 fully saturated rings. The first kappa shape index (κ1) is 14.5. The van der Waals surface area contributed by atoms with E-state index < -0.39 is 16.0 Å². The number of hydrogen-bond donors (Lipinski definition) is 1. The zero-order valence-electron chi connectivity index (χ0n) is 11.4. The second kappa shape index (κ2) is 5.40. The van der Waals surface area contributed by atoms with Gasteiger partial charge in [-0.05, 0) is 17.7 Å². The number of carboxylic acids is 1. The highest BCUT2D eigenvalue weighted by Crippen LogP contribution is 2.31. The fraction of sp³-hybridized carbons (Fsp3) is 0.500. The van der Waals surface area contributed by atoms with E-state index in [0.717, 1.165) is 0 Å². The Kier molecular flexibility index (Phi) is 3.73. The summed E-state index contributed by atoms with van der Waals surface area (Å²) in [6, 6.07) is 5.97. The monoisotopic (exact) mass is 311 g/mol. The van der Waals surface area contributed by atoms with Crippen molar-refractivity contribution in [2.75, 3.05) is 26.3 Å². The van der Waals surface area contributed by atoms with Crippen molar-refractivity contribution in [2.45, 2.75) is 5.75 Å². The highest BCUT2D eigenvalue weighted by atomic mass is 32.2. The van der Waals surface area contributed by atoms with Gasteiger partial charge in [-0.1, -0.05) is 12.1 Å².